The van der Waals surface area contributed by atoms with Crippen LogP contribution in [0, 0.1) is 0 Å². The van der Waals surface area contributed by atoms with Crippen LogP contribution in [0.25, 0.3) is 28.5 Å². The van der Waals surface area contributed by atoms with Gasteiger partial charge in [0.1, 0.15) is 17.0 Å². The van der Waals surface area contributed by atoms with Crippen LogP contribution in [0.5, 0.6) is 5.75 Å². The number of hydrogen-bond donors (Lipinski definition) is 2. The van der Waals surface area contributed by atoms with Crippen LogP contribution >= 0.6 is 0 Å². The lowest BCUT2D eigenvalue weighted by Gasteiger charge is -2.29. The van der Waals surface area contributed by atoms with E-state index in [0.29, 0.717) is 49.5 Å². The highest BCUT2D eigenvalue weighted by molar-refractivity contribution is 5.84. The number of para-hydroxylation sites is 1. The van der Waals surface area contributed by atoms with Gasteiger partial charge in [0.15, 0.2) is 11.6 Å². The lowest BCUT2D eigenvalue weighted by atomic mass is 10.1. The highest BCUT2D eigenvalue weighted by atomic mass is 19.3. The second kappa shape index (κ2) is 11.3. The molecule has 0 atom stereocenters. The molecule has 3 N–H and O–H groups in total. The number of halogens is 2. The molecule has 41 heavy (non-hydrogen) atoms. The summed E-state index contributed by atoms with van der Waals surface area (Å²) in [6, 6.07) is 5.23. The maximum atomic E-state index is 14.4. The summed E-state index contributed by atoms with van der Waals surface area (Å²) in [5, 5.41) is 3.39. The number of hydrogen-bond acceptors (Lipinski definition) is 12. The van der Waals surface area contributed by atoms with E-state index in [4.69, 9.17) is 15.2 Å². The number of nitrogens with one attached hydrogen (secondary N) is 1. The van der Waals surface area contributed by atoms with E-state index in [1.807, 2.05) is 4.90 Å². The Morgan fingerprint density at radius 3 is 2.51 bits per heavy atom. The third-order valence-electron chi connectivity index (χ3n) is 7.28. The van der Waals surface area contributed by atoms with Crippen LogP contribution in [0.15, 0.2) is 24.4 Å². The van der Waals surface area contributed by atoms with Gasteiger partial charge in [0.05, 0.1) is 37.7 Å². The van der Waals surface area contributed by atoms with Crippen molar-refractivity contribution < 1.29 is 18.3 Å². The van der Waals surface area contributed by atoms with Gasteiger partial charge in [-0.25, -0.2) is 23.7 Å². The molecule has 2 saturated heterocycles. The normalized spacial score (nSPS) is 17.0. The molecule has 0 radical (unpaired) electrons. The number of likely N-dealkylation sites (tertiary alicyclic amines) is 1. The lowest BCUT2D eigenvalue weighted by molar-refractivity contribution is 0.122. The van der Waals surface area contributed by atoms with E-state index in [-0.39, 0.29) is 34.7 Å². The molecule has 1 aromatic carbocycles. The van der Waals surface area contributed by atoms with E-state index in [0.717, 1.165) is 25.9 Å². The largest absolute Gasteiger partial charge is 0.494 e. The Morgan fingerprint density at radius 1 is 1.02 bits per heavy atom. The number of imidazole rings is 1. The zero-order chi connectivity index (χ0) is 28.5. The van der Waals surface area contributed by atoms with Crippen LogP contribution in [0.4, 0.5) is 26.4 Å². The van der Waals surface area contributed by atoms with Crippen molar-refractivity contribution in [3.63, 3.8) is 0 Å². The number of benzene rings is 1. The summed E-state index contributed by atoms with van der Waals surface area (Å²) in [5.74, 6) is 0.620. The molecular weight excluding hydrogens is 536 g/mol. The van der Waals surface area contributed by atoms with Crippen molar-refractivity contribution >= 4 is 28.6 Å². The highest BCUT2D eigenvalue weighted by Gasteiger charge is 2.27. The molecule has 3 aromatic heterocycles. The fourth-order valence-corrected chi connectivity index (χ4v) is 5.05. The topological polar surface area (TPSA) is 145 Å². The van der Waals surface area contributed by atoms with Gasteiger partial charge in [0.25, 0.3) is 6.43 Å². The summed E-state index contributed by atoms with van der Waals surface area (Å²) in [7, 11) is 3.56. The summed E-state index contributed by atoms with van der Waals surface area (Å²) >= 11 is 0. The second-order valence-electron chi connectivity index (χ2n) is 10.0. The molecule has 2 aliphatic heterocycles. The maximum absolute atomic E-state index is 14.4. The first-order valence-corrected chi connectivity index (χ1v) is 13.4. The van der Waals surface area contributed by atoms with Gasteiger partial charge in [0, 0.05) is 19.1 Å². The Hall–Kier alpha value is -4.24. The first kappa shape index (κ1) is 27.0. The van der Waals surface area contributed by atoms with E-state index < -0.39 is 12.2 Å². The van der Waals surface area contributed by atoms with Gasteiger partial charge in [-0.2, -0.15) is 15.0 Å². The van der Waals surface area contributed by atoms with Gasteiger partial charge in [-0.15, -0.1) is 0 Å². The van der Waals surface area contributed by atoms with Gasteiger partial charge in [-0.3, -0.25) is 4.57 Å². The van der Waals surface area contributed by atoms with E-state index >= 15 is 0 Å². The predicted octanol–water partition coefficient (Wildman–Crippen LogP) is 2.54. The molecule has 216 valence electrons. The molecule has 4 aromatic rings. The quantitative estimate of drug-likeness (QED) is 0.338. The van der Waals surface area contributed by atoms with E-state index in [2.05, 4.69) is 47.2 Å². The SMILES string of the molecule is COc1cccc2c1nc(C(F)F)n2-c1nc(-c2nc(NC3CCN(C)CC3)ncc2N)nc(N2CCOCC2)n1. The number of nitrogens with two attached hydrogens (primary N) is 1. The van der Waals surface area contributed by atoms with Gasteiger partial charge >= 0.3 is 0 Å². The fraction of sp³-hybridized carbons (Fsp3) is 0.462. The zero-order valence-corrected chi connectivity index (χ0v) is 22.8. The molecule has 15 heteroatoms. The number of nitrogens with zero attached hydrogens (tertiary/aromatic N) is 9. The summed E-state index contributed by atoms with van der Waals surface area (Å²) in [4.78, 5) is 31.3. The van der Waals surface area contributed by atoms with E-state index in [1.54, 1.807) is 18.2 Å². The van der Waals surface area contributed by atoms with Crippen molar-refractivity contribution in [2.45, 2.75) is 25.3 Å². The number of anilines is 3. The second-order valence-corrected chi connectivity index (χ2v) is 10.0. The van der Waals surface area contributed by atoms with Crippen LogP contribution in [0.3, 0.4) is 0 Å². The number of alkyl halides is 2. The molecule has 0 spiro atoms. The molecule has 13 nitrogen and oxygen atoms in total. The molecule has 5 heterocycles. The molecule has 0 amide bonds. The van der Waals surface area contributed by atoms with Gasteiger partial charge < -0.3 is 30.3 Å². The van der Waals surface area contributed by atoms with Gasteiger partial charge in [0.2, 0.25) is 17.8 Å². The molecule has 0 bridgehead atoms. The highest BCUT2D eigenvalue weighted by Crippen LogP contribution is 2.33. The minimum atomic E-state index is -2.91. The fourth-order valence-electron chi connectivity index (χ4n) is 5.05. The number of methoxy groups -OCH3 is 1. The molecule has 6 rings (SSSR count). The molecule has 0 aliphatic carbocycles. The third kappa shape index (κ3) is 5.41. The number of ether oxygens (including phenoxy) is 2. The first-order chi connectivity index (χ1) is 19.9. The van der Waals surface area contributed by atoms with Gasteiger partial charge in [-0.05, 0) is 45.1 Å². The van der Waals surface area contributed by atoms with Crippen LogP contribution in [0.1, 0.15) is 25.1 Å². The molecule has 0 unspecified atom stereocenters. The molecule has 2 fully saturated rings. The van der Waals surface area contributed by atoms with Crippen LogP contribution in [0.2, 0.25) is 0 Å². The van der Waals surface area contributed by atoms with E-state index in [1.165, 1.54) is 17.9 Å². The predicted molar refractivity (Wildman–Crippen MR) is 149 cm³/mol. The van der Waals surface area contributed by atoms with Crippen molar-refractivity contribution in [1.29, 1.82) is 0 Å². The minimum absolute atomic E-state index is 0.0367. The van der Waals surface area contributed by atoms with Crippen molar-refractivity contribution in [3.05, 3.63) is 30.2 Å². The summed E-state index contributed by atoms with van der Waals surface area (Å²) in [6.07, 6.45) is 0.488. The average molecular weight is 568 g/mol. The molecular formula is C26H31F2N11O2. The number of fused-ring (bicyclic) bond motifs is 1. The van der Waals surface area contributed by atoms with Crippen LogP contribution in [-0.4, -0.2) is 99.0 Å². The Morgan fingerprint density at radius 2 is 1.78 bits per heavy atom. The number of nitrogen functional groups attached to an aromatic ring is 1. The molecule has 2 aliphatic rings. The summed E-state index contributed by atoms with van der Waals surface area (Å²) < 4.78 is 40.8. The minimum Gasteiger partial charge on any atom is -0.494 e. The van der Waals surface area contributed by atoms with Gasteiger partial charge in [-0.1, -0.05) is 6.07 Å². The maximum Gasteiger partial charge on any atom is 0.296 e. The van der Waals surface area contributed by atoms with Crippen LogP contribution in [-0.2, 0) is 4.74 Å². The summed E-state index contributed by atoms with van der Waals surface area (Å²) in [5.41, 5.74) is 7.48. The zero-order valence-electron chi connectivity index (χ0n) is 22.8. The van der Waals surface area contributed by atoms with Crippen LogP contribution < -0.4 is 20.7 Å². The standard InChI is InChI=1S/C26H31F2N11O2/c1-37-8-6-15(7-9-37)31-24-30-14-16(29)19(33-24)22-34-25(38-10-12-41-13-11-38)36-26(35-22)39-17-4-3-5-18(40-2)20(17)32-23(39)21(27)28/h3-5,14-15,21H,6-13,29H2,1-2H3,(H,30,31,33). The Balaban J connectivity index is 1.48. The van der Waals surface area contributed by atoms with E-state index in [9.17, 15) is 8.78 Å². The lowest BCUT2D eigenvalue weighted by Crippen LogP contribution is -2.37. The summed E-state index contributed by atoms with van der Waals surface area (Å²) in [6.45, 7) is 3.93. The van der Waals surface area contributed by atoms with Crippen molar-refractivity contribution in [3.8, 4) is 23.2 Å². The number of rotatable bonds is 7. The third-order valence-corrected chi connectivity index (χ3v) is 7.28. The monoisotopic (exact) mass is 567 g/mol. The smallest absolute Gasteiger partial charge is 0.296 e. The Bertz CT molecular complexity index is 1540. The first-order valence-electron chi connectivity index (χ1n) is 13.4. The molecule has 0 saturated carbocycles. The number of aromatic nitrogens is 7. The van der Waals surface area contributed by atoms with Crippen molar-refractivity contribution in [1.82, 2.24) is 39.4 Å². The van der Waals surface area contributed by atoms with Crippen molar-refractivity contribution in [2.24, 2.45) is 0 Å². The van der Waals surface area contributed by atoms with Crippen molar-refractivity contribution in [2.75, 3.05) is 69.5 Å². The Kier molecular flexibility index (Phi) is 7.45. The average Bonchev–Trinajstić information content (AvgIpc) is 3.40. The number of morpholine rings is 1. The Labute approximate surface area is 234 Å². The number of piperidine rings is 1.